The van der Waals surface area contributed by atoms with Crippen molar-refractivity contribution in [2.75, 3.05) is 13.2 Å². The zero-order valence-electron chi connectivity index (χ0n) is 9.79. The Hall–Kier alpha value is -0.123. The van der Waals surface area contributed by atoms with Crippen LogP contribution in [0.25, 0.3) is 0 Å². The van der Waals surface area contributed by atoms with E-state index in [2.05, 4.69) is 19.5 Å². The number of rotatable bonds is 9. The van der Waals surface area contributed by atoms with Gasteiger partial charge in [-0.05, 0) is 18.9 Å². The van der Waals surface area contributed by atoms with E-state index >= 15 is 0 Å². The van der Waals surface area contributed by atoms with Crippen molar-refractivity contribution in [2.45, 2.75) is 45.8 Å². The molecule has 0 heterocycles. The van der Waals surface area contributed by atoms with Crippen LogP contribution in [0.3, 0.4) is 0 Å². The third-order valence-electron chi connectivity index (χ3n) is 1.91. The molecule has 0 saturated carbocycles. The highest BCUT2D eigenvalue weighted by Gasteiger charge is 2.02. The molecule has 0 aliphatic carbocycles. The minimum Gasteiger partial charge on any atom is -0.349 e. The van der Waals surface area contributed by atoms with Gasteiger partial charge in [-0.25, -0.2) is 0 Å². The lowest BCUT2D eigenvalue weighted by molar-refractivity contribution is -0.112. The monoisotopic (exact) mass is 216 g/mol. The Balaban J connectivity index is 3.55. The molecule has 0 amide bonds. The van der Waals surface area contributed by atoms with Crippen molar-refractivity contribution >= 4 is 10.2 Å². The molecular formula is C11H24O2Si. The Kier molecular flexibility index (Phi) is 10.9. The first-order valence-electron chi connectivity index (χ1n) is 5.71. The molecule has 84 valence electrons. The van der Waals surface area contributed by atoms with Gasteiger partial charge in [-0.3, -0.25) is 0 Å². The highest BCUT2D eigenvalue weighted by Crippen LogP contribution is 2.01. The molecule has 0 aliphatic heterocycles. The molecule has 0 spiro atoms. The van der Waals surface area contributed by atoms with E-state index in [-0.39, 0.29) is 6.29 Å². The summed E-state index contributed by atoms with van der Waals surface area (Å²) in [7, 11) is 1.07. The summed E-state index contributed by atoms with van der Waals surface area (Å²) in [5, 5.41) is 0. The third-order valence-corrected chi connectivity index (χ3v) is 2.29. The highest BCUT2D eigenvalue weighted by molar-refractivity contribution is 6.16. The first-order valence-corrected chi connectivity index (χ1v) is 6.86. The van der Waals surface area contributed by atoms with Gasteiger partial charge in [0.1, 0.15) is 0 Å². The Morgan fingerprint density at radius 3 is 1.93 bits per heavy atom. The molecule has 0 unspecified atom stereocenters. The summed E-state index contributed by atoms with van der Waals surface area (Å²) >= 11 is 0. The molecule has 0 atom stereocenters. The predicted molar refractivity (Wildman–Crippen MR) is 64.6 cm³/mol. The highest BCUT2D eigenvalue weighted by atomic mass is 28.1. The Bertz CT molecular complexity index is 127. The van der Waals surface area contributed by atoms with Gasteiger partial charge < -0.3 is 9.47 Å². The lowest BCUT2D eigenvalue weighted by Gasteiger charge is -2.14. The molecule has 0 aromatic heterocycles. The number of unbranched alkanes of at least 4 members (excludes halogenated alkanes) is 2. The van der Waals surface area contributed by atoms with Crippen LogP contribution in [-0.2, 0) is 9.47 Å². The van der Waals surface area contributed by atoms with Gasteiger partial charge in [-0.2, -0.15) is 0 Å². The maximum absolute atomic E-state index is 5.58. The summed E-state index contributed by atoms with van der Waals surface area (Å²) in [4.78, 5) is 0. The lowest BCUT2D eigenvalue weighted by Crippen LogP contribution is -2.16. The van der Waals surface area contributed by atoms with Crippen LogP contribution in [0.1, 0.15) is 39.5 Å². The molecule has 0 radical (unpaired) electrons. The molecule has 0 aromatic rings. The predicted octanol–water partition coefficient (Wildman–Crippen LogP) is 1.82. The van der Waals surface area contributed by atoms with Crippen molar-refractivity contribution in [1.29, 1.82) is 0 Å². The largest absolute Gasteiger partial charge is 0.349 e. The minimum atomic E-state index is -0.106. The van der Waals surface area contributed by atoms with Crippen LogP contribution in [0.4, 0.5) is 0 Å². The van der Waals surface area contributed by atoms with Gasteiger partial charge >= 0.3 is 0 Å². The normalized spacial score (nSPS) is 11.9. The fourth-order valence-corrected chi connectivity index (χ4v) is 1.32. The van der Waals surface area contributed by atoms with Crippen LogP contribution >= 0.6 is 0 Å². The zero-order chi connectivity index (χ0) is 10.6. The van der Waals surface area contributed by atoms with Gasteiger partial charge in [0.05, 0.1) is 13.2 Å². The quantitative estimate of drug-likeness (QED) is 0.332. The second-order valence-corrected chi connectivity index (χ2v) is 4.01. The average Bonchev–Trinajstić information content (AvgIpc) is 2.18. The second kappa shape index (κ2) is 11.0. The summed E-state index contributed by atoms with van der Waals surface area (Å²) in [5.74, 6) is 0. The molecule has 2 nitrogen and oxygen atoms in total. The van der Waals surface area contributed by atoms with Crippen LogP contribution in [0, 0.1) is 0 Å². The topological polar surface area (TPSA) is 18.5 Å². The van der Waals surface area contributed by atoms with E-state index in [4.69, 9.17) is 9.47 Å². The van der Waals surface area contributed by atoms with E-state index in [0.29, 0.717) is 0 Å². The third kappa shape index (κ3) is 8.47. The second-order valence-electron chi connectivity index (χ2n) is 3.34. The summed E-state index contributed by atoms with van der Waals surface area (Å²) in [5.41, 5.74) is 2.11. The Morgan fingerprint density at radius 2 is 1.57 bits per heavy atom. The first-order chi connectivity index (χ1) is 6.85. The van der Waals surface area contributed by atoms with Crippen LogP contribution < -0.4 is 0 Å². The van der Waals surface area contributed by atoms with E-state index in [1.807, 2.05) is 6.08 Å². The van der Waals surface area contributed by atoms with Gasteiger partial charge in [0, 0.05) is 10.2 Å². The van der Waals surface area contributed by atoms with Gasteiger partial charge in [-0.1, -0.05) is 26.7 Å². The molecule has 0 saturated heterocycles. The molecule has 0 aromatic carbocycles. The molecule has 0 rings (SSSR count). The zero-order valence-corrected chi connectivity index (χ0v) is 11.8. The van der Waals surface area contributed by atoms with E-state index in [1.54, 1.807) is 0 Å². The van der Waals surface area contributed by atoms with Crippen LogP contribution in [0.5, 0.6) is 0 Å². The van der Waals surface area contributed by atoms with Gasteiger partial charge in [0.25, 0.3) is 0 Å². The standard InChI is InChI=1S/C11H24O2Si/c1-3-5-8-12-11(7-10-14)13-9-6-4-2/h7,10-11H,3-6,8-9H2,1-2,14H3. The van der Waals surface area contributed by atoms with Crippen molar-refractivity contribution < 1.29 is 9.47 Å². The van der Waals surface area contributed by atoms with Crippen molar-refractivity contribution in [3.63, 3.8) is 0 Å². The van der Waals surface area contributed by atoms with Crippen molar-refractivity contribution in [1.82, 2.24) is 0 Å². The molecular weight excluding hydrogens is 192 g/mol. The maximum Gasteiger partial charge on any atom is 0.176 e. The van der Waals surface area contributed by atoms with Crippen LogP contribution in [-0.4, -0.2) is 29.7 Å². The average molecular weight is 216 g/mol. The molecule has 0 fully saturated rings. The summed E-state index contributed by atoms with van der Waals surface area (Å²) < 4.78 is 11.2. The summed E-state index contributed by atoms with van der Waals surface area (Å²) in [6.07, 6.45) is 6.49. The van der Waals surface area contributed by atoms with E-state index < -0.39 is 0 Å². The lowest BCUT2D eigenvalue weighted by atomic mass is 10.3. The Labute approximate surface area is 91.1 Å². The summed E-state index contributed by atoms with van der Waals surface area (Å²) in [6, 6.07) is 0. The molecule has 0 N–H and O–H groups in total. The first kappa shape index (κ1) is 13.9. The van der Waals surface area contributed by atoms with Gasteiger partial charge in [0.15, 0.2) is 6.29 Å². The van der Waals surface area contributed by atoms with Crippen molar-refractivity contribution in [3.05, 3.63) is 11.8 Å². The minimum absolute atomic E-state index is 0.106. The fraction of sp³-hybridized carbons (Fsp3) is 0.818. The number of hydrogen-bond donors (Lipinski definition) is 0. The number of hydrogen-bond acceptors (Lipinski definition) is 2. The van der Waals surface area contributed by atoms with Gasteiger partial charge in [0.2, 0.25) is 0 Å². The van der Waals surface area contributed by atoms with E-state index in [0.717, 1.165) is 36.3 Å². The summed E-state index contributed by atoms with van der Waals surface area (Å²) in [6.45, 7) is 5.94. The Morgan fingerprint density at radius 1 is 1.07 bits per heavy atom. The molecule has 0 aliphatic rings. The van der Waals surface area contributed by atoms with Crippen molar-refractivity contribution in [3.8, 4) is 0 Å². The number of ether oxygens (including phenoxy) is 2. The fourth-order valence-electron chi connectivity index (χ4n) is 1.00. The van der Waals surface area contributed by atoms with E-state index in [9.17, 15) is 0 Å². The maximum atomic E-state index is 5.58. The van der Waals surface area contributed by atoms with Crippen LogP contribution in [0.2, 0.25) is 0 Å². The van der Waals surface area contributed by atoms with E-state index in [1.165, 1.54) is 12.8 Å². The van der Waals surface area contributed by atoms with Crippen LogP contribution in [0.15, 0.2) is 11.8 Å². The molecule has 3 heteroatoms. The molecule has 0 bridgehead atoms. The smallest absolute Gasteiger partial charge is 0.176 e. The SMILES string of the molecule is CCCCOC(C=C[SiH3])OCCCC. The van der Waals surface area contributed by atoms with Gasteiger partial charge in [-0.15, -0.1) is 5.70 Å². The van der Waals surface area contributed by atoms with Crippen molar-refractivity contribution in [2.24, 2.45) is 0 Å². The molecule has 14 heavy (non-hydrogen) atoms.